The summed E-state index contributed by atoms with van der Waals surface area (Å²) in [5.41, 5.74) is 0.431. The first-order chi connectivity index (χ1) is 7.16. The van der Waals surface area contributed by atoms with Crippen LogP contribution < -0.4 is 0 Å². The van der Waals surface area contributed by atoms with Gasteiger partial charge in [0.25, 0.3) is 0 Å². The number of rotatable bonds is 5. The van der Waals surface area contributed by atoms with Crippen molar-refractivity contribution in [2.75, 3.05) is 0 Å². The minimum Gasteiger partial charge on any atom is -0.390 e. The van der Waals surface area contributed by atoms with Crippen LogP contribution in [0.3, 0.4) is 0 Å². The molecule has 3 heteroatoms. The minimum absolute atomic E-state index is 0.420. The Morgan fingerprint density at radius 1 is 1.27 bits per heavy atom. The van der Waals surface area contributed by atoms with Gasteiger partial charge in [-0.3, -0.25) is 4.79 Å². The Labute approximate surface area is 89.4 Å². The third kappa shape index (κ3) is 3.15. The van der Waals surface area contributed by atoms with Crippen LogP contribution in [0.5, 0.6) is 0 Å². The van der Waals surface area contributed by atoms with E-state index in [-0.39, 0.29) is 0 Å². The molecular formula is C12H16O3. The molecule has 0 saturated carbocycles. The van der Waals surface area contributed by atoms with E-state index in [2.05, 4.69) is 0 Å². The van der Waals surface area contributed by atoms with E-state index in [1.807, 2.05) is 6.92 Å². The average molecular weight is 208 g/mol. The zero-order valence-corrected chi connectivity index (χ0v) is 8.76. The molecule has 2 N–H and O–H groups in total. The highest BCUT2D eigenvalue weighted by atomic mass is 16.3. The molecule has 1 aromatic carbocycles. The van der Waals surface area contributed by atoms with Crippen LogP contribution in [0.4, 0.5) is 0 Å². The van der Waals surface area contributed by atoms with Gasteiger partial charge in [-0.05, 0) is 6.42 Å². The Bertz CT molecular complexity index is 308. The number of ketones is 1. The van der Waals surface area contributed by atoms with Gasteiger partial charge in [-0.1, -0.05) is 43.7 Å². The summed E-state index contributed by atoms with van der Waals surface area (Å²) >= 11 is 0. The number of carbonyl (C=O) groups excluding carboxylic acids is 1. The van der Waals surface area contributed by atoms with Gasteiger partial charge in [0.2, 0.25) is 0 Å². The lowest BCUT2D eigenvalue weighted by Gasteiger charge is -2.15. The number of aliphatic hydroxyl groups is 2. The maximum Gasteiger partial charge on any atom is 0.193 e. The van der Waals surface area contributed by atoms with Gasteiger partial charge in [-0.15, -0.1) is 0 Å². The molecule has 0 radical (unpaired) electrons. The van der Waals surface area contributed by atoms with Crippen LogP contribution in [0, 0.1) is 0 Å². The fourth-order valence-electron chi connectivity index (χ4n) is 1.40. The first-order valence-electron chi connectivity index (χ1n) is 5.12. The minimum atomic E-state index is -1.31. The summed E-state index contributed by atoms with van der Waals surface area (Å²) in [4.78, 5) is 11.7. The Hall–Kier alpha value is -1.19. The summed E-state index contributed by atoms with van der Waals surface area (Å²) < 4.78 is 0. The number of carbonyl (C=O) groups is 1. The molecule has 0 amide bonds. The topological polar surface area (TPSA) is 57.5 Å². The van der Waals surface area contributed by atoms with Crippen molar-refractivity contribution in [3.05, 3.63) is 35.9 Å². The molecule has 0 heterocycles. The molecule has 0 aliphatic rings. The Morgan fingerprint density at radius 3 is 2.40 bits per heavy atom. The number of Topliss-reactive ketones (excluding diaryl/α,β-unsaturated/α-hetero) is 1. The van der Waals surface area contributed by atoms with Crippen molar-refractivity contribution in [1.29, 1.82) is 0 Å². The molecule has 0 fully saturated rings. The van der Waals surface area contributed by atoms with E-state index < -0.39 is 18.0 Å². The highest BCUT2D eigenvalue weighted by Crippen LogP contribution is 2.09. The molecule has 0 saturated heterocycles. The van der Waals surface area contributed by atoms with E-state index in [0.717, 1.165) is 6.42 Å². The predicted octanol–water partition coefficient (Wildman–Crippen LogP) is 1.39. The molecule has 2 atom stereocenters. The third-order valence-corrected chi connectivity index (χ3v) is 2.28. The van der Waals surface area contributed by atoms with Crippen molar-refractivity contribution < 1.29 is 15.0 Å². The fourth-order valence-corrected chi connectivity index (χ4v) is 1.40. The van der Waals surface area contributed by atoms with E-state index in [0.29, 0.717) is 12.0 Å². The molecule has 1 rings (SSSR count). The van der Waals surface area contributed by atoms with E-state index in [4.69, 9.17) is 0 Å². The quantitative estimate of drug-likeness (QED) is 0.719. The molecule has 0 aliphatic heterocycles. The standard InChI is InChI=1S/C12H16O3/c1-2-6-10(13)12(15)11(14)9-7-4-3-5-8-9/h3-5,7-8,10,12-13,15H,2,6H2,1H3/t10-,12+/m1/s1. The van der Waals surface area contributed by atoms with Crippen LogP contribution in [0.1, 0.15) is 30.1 Å². The van der Waals surface area contributed by atoms with Crippen molar-refractivity contribution in [3.8, 4) is 0 Å². The second-order valence-electron chi connectivity index (χ2n) is 3.53. The monoisotopic (exact) mass is 208 g/mol. The molecule has 0 aliphatic carbocycles. The van der Waals surface area contributed by atoms with Gasteiger partial charge in [-0.2, -0.15) is 0 Å². The normalized spacial score (nSPS) is 14.6. The second-order valence-corrected chi connectivity index (χ2v) is 3.53. The first kappa shape index (κ1) is 11.9. The summed E-state index contributed by atoms with van der Waals surface area (Å²) in [6.07, 6.45) is -1.12. The zero-order valence-electron chi connectivity index (χ0n) is 8.76. The largest absolute Gasteiger partial charge is 0.390 e. The number of hydrogen-bond acceptors (Lipinski definition) is 3. The van der Waals surface area contributed by atoms with Gasteiger partial charge < -0.3 is 10.2 Å². The molecule has 0 unspecified atom stereocenters. The van der Waals surface area contributed by atoms with Crippen molar-refractivity contribution in [1.82, 2.24) is 0 Å². The van der Waals surface area contributed by atoms with Crippen molar-refractivity contribution in [2.24, 2.45) is 0 Å². The number of hydrogen-bond donors (Lipinski definition) is 2. The van der Waals surface area contributed by atoms with Crippen LogP contribution in [-0.4, -0.2) is 28.2 Å². The smallest absolute Gasteiger partial charge is 0.193 e. The highest BCUT2D eigenvalue weighted by Gasteiger charge is 2.24. The SMILES string of the molecule is CCC[C@@H](O)[C@H](O)C(=O)c1ccccc1. The molecule has 0 aromatic heterocycles. The number of aliphatic hydroxyl groups excluding tert-OH is 2. The lowest BCUT2D eigenvalue weighted by atomic mass is 10.00. The van der Waals surface area contributed by atoms with E-state index >= 15 is 0 Å². The van der Waals surface area contributed by atoms with Crippen molar-refractivity contribution >= 4 is 5.78 Å². The summed E-state index contributed by atoms with van der Waals surface area (Å²) in [5, 5.41) is 19.0. The van der Waals surface area contributed by atoms with Gasteiger partial charge in [0, 0.05) is 5.56 Å². The molecule has 82 valence electrons. The van der Waals surface area contributed by atoms with Crippen LogP contribution in [0.2, 0.25) is 0 Å². The third-order valence-electron chi connectivity index (χ3n) is 2.28. The summed E-state index contributed by atoms with van der Waals surface area (Å²) in [6, 6.07) is 8.51. The van der Waals surface area contributed by atoms with Gasteiger partial charge in [0.15, 0.2) is 5.78 Å². The van der Waals surface area contributed by atoms with E-state index in [9.17, 15) is 15.0 Å². The van der Waals surface area contributed by atoms with E-state index in [1.54, 1.807) is 30.3 Å². The summed E-state index contributed by atoms with van der Waals surface area (Å²) in [5.74, 6) is -0.420. The fraction of sp³-hybridized carbons (Fsp3) is 0.417. The molecule has 3 nitrogen and oxygen atoms in total. The number of benzene rings is 1. The molecule has 1 aromatic rings. The molecule has 0 spiro atoms. The van der Waals surface area contributed by atoms with Gasteiger partial charge in [0.1, 0.15) is 6.10 Å². The molecule has 0 bridgehead atoms. The molecular weight excluding hydrogens is 192 g/mol. The predicted molar refractivity (Wildman–Crippen MR) is 57.7 cm³/mol. The van der Waals surface area contributed by atoms with Gasteiger partial charge in [0.05, 0.1) is 6.10 Å². The Kier molecular flexibility index (Phi) is 4.46. The van der Waals surface area contributed by atoms with Gasteiger partial charge >= 0.3 is 0 Å². The zero-order chi connectivity index (χ0) is 11.3. The maximum atomic E-state index is 11.7. The molecule has 15 heavy (non-hydrogen) atoms. The highest BCUT2D eigenvalue weighted by molar-refractivity contribution is 5.99. The Balaban J connectivity index is 2.69. The van der Waals surface area contributed by atoms with Gasteiger partial charge in [-0.25, -0.2) is 0 Å². The van der Waals surface area contributed by atoms with Crippen LogP contribution in [0.15, 0.2) is 30.3 Å². The second kappa shape index (κ2) is 5.63. The maximum absolute atomic E-state index is 11.7. The summed E-state index contributed by atoms with van der Waals surface area (Å²) in [7, 11) is 0. The first-order valence-corrected chi connectivity index (χ1v) is 5.12. The van der Waals surface area contributed by atoms with Crippen molar-refractivity contribution in [3.63, 3.8) is 0 Å². The Morgan fingerprint density at radius 2 is 1.87 bits per heavy atom. The van der Waals surface area contributed by atoms with E-state index in [1.165, 1.54) is 0 Å². The van der Waals surface area contributed by atoms with Crippen molar-refractivity contribution in [2.45, 2.75) is 32.0 Å². The van der Waals surface area contributed by atoms with Crippen LogP contribution in [-0.2, 0) is 0 Å². The lowest BCUT2D eigenvalue weighted by Crippen LogP contribution is -2.33. The van der Waals surface area contributed by atoms with Crippen LogP contribution >= 0.6 is 0 Å². The average Bonchev–Trinajstić information content (AvgIpc) is 2.28. The van der Waals surface area contributed by atoms with Crippen LogP contribution in [0.25, 0.3) is 0 Å². The lowest BCUT2D eigenvalue weighted by molar-refractivity contribution is 0.0175. The summed E-state index contributed by atoms with van der Waals surface area (Å²) in [6.45, 7) is 1.89.